The van der Waals surface area contributed by atoms with Crippen LogP contribution < -0.4 is 0 Å². The van der Waals surface area contributed by atoms with Crippen molar-refractivity contribution in [2.45, 2.75) is 32.6 Å². The fourth-order valence-corrected chi connectivity index (χ4v) is 2.85. The zero-order chi connectivity index (χ0) is 13.3. The Bertz CT molecular complexity index is 473. The lowest BCUT2D eigenvalue weighted by atomic mass is 9.79. The van der Waals surface area contributed by atoms with Crippen LogP contribution in [0.1, 0.15) is 31.7 Å². The molecule has 2 atom stereocenters. The third-order valence-corrected chi connectivity index (χ3v) is 3.85. The van der Waals surface area contributed by atoms with Gasteiger partial charge in [-0.1, -0.05) is 13.0 Å². The number of carbonyl (C=O) groups is 1. The van der Waals surface area contributed by atoms with Crippen LogP contribution in [0, 0.1) is 23.0 Å². The molecule has 1 aromatic carbocycles. The third kappa shape index (κ3) is 2.37. The minimum Gasteiger partial charge on any atom is -0.481 e. The summed E-state index contributed by atoms with van der Waals surface area (Å²) in [5, 5.41) is 9.39. The van der Waals surface area contributed by atoms with Crippen LogP contribution in [-0.4, -0.2) is 11.1 Å². The molecule has 18 heavy (non-hydrogen) atoms. The topological polar surface area (TPSA) is 37.3 Å². The van der Waals surface area contributed by atoms with Crippen LogP contribution >= 0.6 is 0 Å². The van der Waals surface area contributed by atoms with Gasteiger partial charge in [0.05, 0.1) is 5.41 Å². The highest BCUT2D eigenvalue weighted by atomic mass is 19.1. The smallest absolute Gasteiger partial charge is 0.309 e. The number of carboxylic acid groups (broad SMARTS) is 1. The number of rotatable bonds is 3. The molecule has 0 spiro atoms. The molecule has 98 valence electrons. The molecule has 0 heterocycles. The highest BCUT2D eigenvalue weighted by molar-refractivity contribution is 5.75. The van der Waals surface area contributed by atoms with E-state index in [-0.39, 0.29) is 12.0 Å². The fourth-order valence-electron chi connectivity index (χ4n) is 2.85. The van der Waals surface area contributed by atoms with E-state index in [4.69, 9.17) is 0 Å². The standard InChI is InChI=1S/C14H16F2O2/c1-9-4-5-14(7-9,13(17)18)8-10-2-3-11(15)6-12(10)16/h2-3,6,9H,4-5,7-8H2,1H3,(H,17,18). The van der Waals surface area contributed by atoms with Gasteiger partial charge in [0.15, 0.2) is 0 Å². The number of halogens is 2. The second kappa shape index (κ2) is 4.67. The summed E-state index contributed by atoms with van der Waals surface area (Å²) in [7, 11) is 0. The summed E-state index contributed by atoms with van der Waals surface area (Å²) < 4.78 is 26.4. The Labute approximate surface area is 105 Å². The largest absolute Gasteiger partial charge is 0.481 e. The maximum absolute atomic E-state index is 13.6. The predicted octanol–water partition coefficient (Wildman–Crippen LogP) is 3.40. The van der Waals surface area contributed by atoms with Crippen LogP contribution in [0.5, 0.6) is 0 Å². The predicted molar refractivity (Wildman–Crippen MR) is 63.1 cm³/mol. The van der Waals surface area contributed by atoms with Gasteiger partial charge < -0.3 is 5.11 Å². The van der Waals surface area contributed by atoms with Crippen LogP contribution in [0.2, 0.25) is 0 Å². The average Bonchev–Trinajstić information content (AvgIpc) is 2.66. The summed E-state index contributed by atoms with van der Waals surface area (Å²) in [4.78, 5) is 11.5. The van der Waals surface area contributed by atoms with E-state index in [0.29, 0.717) is 18.8 Å². The minimum absolute atomic E-state index is 0.138. The first-order valence-corrected chi connectivity index (χ1v) is 6.10. The van der Waals surface area contributed by atoms with E-state index >= 15 is 0 Å². The summed E-state index contributed by atoms with van der Waals surface area (Å²) in [5.41, 5.74) is -0.606. The molecule has 0 aliphatic heterocycles. The van der Waals surface area contributed by atoms with Crippen molar-refractivity contribution < 1.29 is 18.7 Å². The molecule has 1 aliphatic rings. The number of hydrogen-bond donors (Lipinski definition) is 1. The average molecular weight is 254 g/mol. The number of hydrogen-bond acceptors (Lipinski definition) is 1. The summed E-state index contributed by atoms with van der Waals surface area (Å²) in [6, 6.07) is 3.33. The van der Waals surface area contributed by atoms with Crippen LogP contribution in [0.3, 0.4) is 0 Å². The first-order chi connectivity index (χ1) is 8.43. The van der Waals surface area contributed by atoms with Gasteiger partial charge in [0.2, 0.25) is 0 Å². The van der Waals surface area contributed by atoms with Crippen LogP contribution in [0.25, 0.3) is 0 Å². The van der Waals surface area contributed by atoms with E-state index in [0.717, 1.165) is 12.5 Å². The Morgan fingerprint density at radius 1 is 1.50 bits per heavy atom. The molecule has 0 radical (unpaired) electrons. The van der Waals surface area contributed by atoms with E-state index in [1.165, 1.54) is 12.1 Å². The highest BCUT2D eigenvalue weighted by Gasteiger charge is 2.44. The summed E-state index contributed by atoms with van der Waals surface area (Å²) >= 11 is 0. The molecular formula is C14H16F2O2. The van der Waals surface area contributed by atoms with Crippen molar-refractivity contribution in [3.8, 4) is 0 Å². The molecule has 1 fully saturated rings. The first kappa shape index (κ1) is 13.0. The molecule has 2 nitrogen and oxygen atoms in total. The minimum atomic E-state index is -0.891. The number of aliphatic carboxylic acids is 1. The SMILES string of the molecule is CC1CCC(Cc2ccc(F)cc2F)(C(=O)O)C1. The Kier molecular flexibility index (Phi) is 3.37. The molecule has 2 rings (SSSR count). The molecule has 2 unspecified atom stereocenters. The highest BCUT2D eigenvalue weighted by Crippen LogP contribution is 2.44. The van der Waals surface area contributed by atoms with Crippen molar-refractivity contribution in [1.82, 2.24) is 0 Å². The maximum Gasteiger partial charge on any atom is 0.309 e. The zero-order valence-corrected chi connectivity index (χ0v) is 10.2. The lowest BCUT2D eigenvalue weighted by Crippen LogP contribution is -2.31. The number of benzene rings is 1. The maximum atomic E-state index is 13.6. The second-order valence-corrected chi connectivity index (χ2v) is 5.35. The fraction of sp³-hybridized carbons (Fsp3) is 0.500. The van der Waals surface area contributed by atoms with Gasteiger partial charge in [0.25, 0.3) is 0 Å². The second-order valence-electron chi connectivity index (χ2n) is 5.35. The molecule has 0 aromatic heterocycles. The Hall–Kier alpha value is -1.45. The molecule has 4 heteroatoms. The molecule has 0 amide bonds. The van der Waals surface area contributed by atoms with Gasteiger partial charge >= 0.3 is 5.97 Å². The van der Waals surface area contributed by atoms with Crippen molar-refractivity contribution in [2.75, 3.05) is 0 Å². The van der Waals surface area contributed by atoms with Crippen LogP contribution in [-0.2, 0) is 11.2 Å². The van der Waals surface area contributed by atoms with Crippen molar-refractivity contribution >= 4 is 5.97 Å². The molecule has 1 N–H and O–H groups in total. The zero-order valence-electron chi connectivity index (χ0n) is 10.2. The summed E-state index contributed by atoms with van der Waals surface area (Å²) in [5.74, 6) is -1.84. The van der Waals surface area contributed by atoms with Crippen molar-refractivity contribution in [2.24, 2.45) is 11.3 Å². The van der Waals surface area contributed by atoms with Gasteiger partial charge in [-0.3, -0.25) is 4.79 Å². The van der Waals surface area contributed by atoms with E-state index in [2.05, 4.69) is 0 Å². The van der Waals surface area contributed by atoms with E-state index in [1.54, 1.807) is 0 Å². The van der Waals surface area contributed by atoms with Crippen molar-refractivity contribution in [1.29, 1.82) is 0 Å². The van der Waals surface area contributed by atoms with Gasteiger partial charge in [0.1, 0.15) is 11.6 Å². The van der Waals surface area contributed by atoms with Crippen molar-refractivity contribution in [3.05, 3.63) is 35.4 Å². The molecular weight excluding hydrogens is 238 g/mol. The van der Waals surface area contributed by atoms with Gasteiger partial charge in [-0.2, -0.15) is 0 Å². The molecule has 1 aliphatic carbocycles. The summed E-state index contributed by atoms with van der Waals surface area (Å²) in [6.07, 6.45) is 2.09. The van der Waals surface area contributed by atoms with Gasteiger partial charge in [0, 0.05) is 6.07 Å². The Morgan fingerprint density at radius 2 is 2.22 bits per heavy atom. The quantitative estimate of drug-likeness (QED) is 0.897. The Morgan fingerprint density at radius 3 is 2.72 bits per heavy atom. The lowest BCUT2D eigenvalue weighted by molar-refractivity contribution is -0.148. The van der Waals surface area contributed by atoms with Crippen LogP contribution in [0.4, 0.5) is 8.78 Å². The van der Waals surface area contributed by atoms with E-state index < -0.39 is 23.0 Å². The molecule has 0 bridgehead atoms. The van der Waals surface area contributed by atoms with Gasteiger partial charge in [-0.05, 0) is 43.2 Å². The van der Waals surface area contributed by atoms with Crippen LogP contribution in [0.15, 0.2) is 18.2 Å². The molecule has 1 aromatic rings. The summed E-state index contributed by atoms with van der Waals surface area (Å²) in [6.45, 7) is 2.01. The van der Waals surface area contributed by atoms with Crippen molar-refractivity contribution in [3.63, 3.8) is 0 Å². The first-order valence-electron chi connectivity index (χ1n) is 6.10. The molecule has 1 saturated carbocycles. The molecule has 0 saturated heterocycles. The number of carboxylic acids is 1. The third-order valence-electron chi connectivity index (χ3n) is 3.85. The normalized spacial score (nSPS) is 27.4. The van der Waals surface area contributed by atoms with Gasteiger partial charge in [-0.25, -0.2) is 8.78 Å². The monoisotopic (exact) mass is 254 g/mol. The van der Waals surface area contributed by atoms with E-state index in [9.17, 15) is 18.7 Å². The Balaban J connectivity index is 2.27. The van der Waals surface area contributed by atoms with Gasteiger partial charge in [-0.15, -0.1) is 0 Å². The van der Waals surface area contributed by atoms with E-state index in [1.807, 2.05) is 6.92 Å². The lowest BCUT2D eigenvalue weighted by Gasteiger charge is -2.24.